The van der Waals surface area contributed by atoms with Crippen LogP contribution in [0, 0.1) is 6.92 Å². The predicted octanol–water partition coefficient (Wildman–Crippen LogP) is 2.59. The first-order valence-corrected chi connectivity index (χ1v) is 8.29. The number of benzene rings is 1. The zero-order valence-electron chi connectivity index (χ0n) is 15.0. The van der Waals surface area contributed by atoms with Crippen molar-refractivity contribution in [1.82, 2.24) is 15.6 Å². The van der Waals surface area contributed by atoms with Gasteiger partial charge in [0.1, 0.15) is 5.75 Å². The van der Waals surface area contributed by atoms with Gasteiger partial charge < -0.3 is 24.8 Å². The fourth-order valence-electron chi connectivity index (χ4n) is 2.58. The summed E-state index contributed by atoms with van der Waals surface area (Å²) in [6.07, 6.45) is 0. The molecule has 0 aliphatic carbocycles. The van der Waals surface area contributed by atoms with Crippen LogP contribution in [-0.4, -0.2) is 31.4 Å². The second-order valence-corrected chi connectivity index (χ2v) is 5.74. The second-order valence-electron chi connectivity index (χ2n) is 5.74. The van der Waals surface area contributed by atoms with Crippen LogP contribution in [0.25, 0.3) is 0 Å². The molecule has 1 aliphatic rings. The molecule has 1 aromatic carbocycles. The molecule has 0 amide bonds. The maximum absolute atomic E-state index is 12.7. The Morgan fingerprint density at radius 2 is 1.96 bits per heavy atom. The molecule has 0 unspecified atom stereocenters. The molecule has 2 N–H and O–H groups in total. The number of aryl methyl sites for hydroxylation is 1. The van der Waals surface area contributed by atoms with Crippen LogP contribution >= 0.6 is 0 Å². The number of nitrogens with zero attached hydrogens (tertiary/aromatic N) is 2. The first kappa shape index (κ1) is 18.7. The summed E-state index contributed by atoms with van der Waals surface area (Å²) in [5.74, 6) is 1.39. The Morgan fingerprint density at radius 3 is 2.67 bits per heavy atom. The summed E-state index contributed by atoms with van der Waals surface area (Å²) < 4.78 is 40.5. The quantitative estimate of drug-likeness (QED) is 0.594. The Labute approximate surface area is 155 Å². The minimum atomic E-state index is -2.94. The van der Waals surface area contributed by atoms with Gasteiger partial charge in [-0.25, -0.2) is 0 Å². The van der Waals surface area contributed by atoms with Crippen molar-refractivity contribution >= 4 is 5.96 Å². The van der Waals surface area contributed by atoms with E-state index in [2.05, 4.69) is 25.3 Å². The lowest BCUT2D eigenvalue weighted by molar-refractivity contribution is -0.0505. The molecule has 0 fully saturated rings. The number of hydrogen-bond donors (Lipinski definition) is 2. The molecular weight excluding hydrogens is 358 g/mol. The van der Waals surface area contributed by atoms with Crippen LogP contribution in [0.4, 0.5) is 8.78 Å². The summed E-state index contributed by atoms with van der Waals surface area (Å²) >= 11 is 0. The zero-order chi connectivity index (χ0) is 19.2. The van der Waals surface area contributed by atoms with E-state index in [4.69, 9.17) is 9.47 Å². The molecule has 2 heterocycles. The third-order valence-electron chi connectivity index (χ3n) is 3.82. The lowest BCUT2D eigenvalue weighted by atomic mass is 10.1. The number of hydrogen-bond acceptors (Lipinski definition) is 5. The van der Waals surface area contributed by atoms with Gasteiger partial charge in [-0.2, -0.15) is 8.78 Å². The number of alkyl halides is 2. The number of guanidine groups is 1. The highest BCUT2D eigenvalue weighted by molar-refractivity contribution is 5.79. The molecule has 0 saturated carbocycles. The fourth-order valence-corrected chi connectivity index (χ4v) is 2.58. The van der Waals surface area contributed by atoms with Gasteiger partial charge in [0.2, 0.25) is 6.79 Å². The first-order chi connectivity index (χ1) is 13.0. The van der Waals surface area contributed by atoms with Crippen LogP contribution in [0.3, 0.4) is 0 Å². The molecule has 0 saturated heterocycles. The van der Waals surface area contributed by atoms with E-state index in [9.17, 15) is 8.78 Å². The van der Waals surface area contributed by atoms with Gasteiger partial charge in [-0.1, -0.05) is 6.07 Å². The van der Waals surface area contributed by atoms with Crippen molar-refractivity contribution in [2.45, 2.75) is 26.6 Å². The number of fused-ring (bicyclic) bond motifs is 1. The molecule has 0 bridgehead atoms. The van der Waals surface area contributed by atoms with Crippen LogP contribution < -0.4 is 24.8 Å². The number of aliphatic imine (C=N–C) groups is 1. The van der Waals surface area contributed by atoms with E-state index >= 15 is 0 Å². The number of rotatable bonds is 6. The maximum Gasteiger partial charge on any atom is 0.387 e. The molecule has 0 atom stereocenters. The van der Waals surface area contributed by atoms with E-state index < -0.39 is 6.61 Å². The van der Waals surface area contributed by atoms with Crippen LogP contribution in [0.15, 0.2) is 35.3 Å². The number of halogens is 2. The average molecular weight is 378 g/mol. The van der Waals surface area contributed by atoms with Gasteiger partial charge in [0.15, 0.2) is 17.5 Å². The standard InChI is InChI=1S/C18H20F2N4O3/c1-11-4-3-5-13(24-11)9-23-18(21-2)22-8-12-6-15-16(26-10-25-15)7-14(12)27-17(19)20/h3-7,17H,8-10H2,1-2H3,(H2,21,22,23). The summed E-state index contributed by atoms with van der Waals surface area (Å²) in [6, 6.07) is 8.76. The van der Waals surface area contributed by atoms with Crippen LogP contribution in [0.5, 0.6) is 17.2 Å². The van der Waals surface area contributed by atoms with Gasteiger partial charge >= 0.3 is 6.61 Å². The Balaban J connectivity index is 1.65. The summed E-state index contributed by atoms with van der Waals surface area (Å²) in [4.78, 5) is 8.53. The Hall–Kier alpha value is -3.10. The van der Waals surface area contributed by atoms with Gasteiger partial charge in [-0.3, -0.25) is 9.98 Å². The van der Waals surface area contributed by atoms with Gasteiger partial charge in [-0.05, 0) is 25.1 Å². The van der Waals surface area contributed by atoms with Gasteiger partial charge in [0.05, 0.1) is 12.2 Å². The third kappa shape index (κ3) is 4.96. The summed E-state index contributed by atoms with van der Waals surface area (Å²) in [7, 11) is 1.62. The molecular formula is C18H20F2N4O3. The van der Waals surface area contributed by atoms with Crippen LogP contribution in [0.1, 0.15) is 17.0 Å². The Kier molecular flexibility index (Phi) is 5.90. The van der Waals surface area contributed by atoms with Gasteiger partial charge in [-0.15, -0.1) is 0 Å². The smallest absolute Gasteiger partial charge is 0.387 e. The van der Waals surface area contributed by atoms with Crippen LogP contribution in [-0.2, 0) is 13.1 Å². The van der Waals surface area contributed by atoms with E-state index in [1.54, 1.807) is 13.1 Å². The summed E-state index contributed by atoms with van der Waals surface area (Å²) in [5.41, 5.74) is 2.28. The highest BCUT2D eigenvalue weighted by Gasteiger charge is 2.20. The normalized spacial score (nSPS) is 13.0. The molecule has 9 heteroatoms. The van der Waals surface area contributed by atoms with E-state index in [0.29, 0.717) is 29.6 Å². The van der Waals surface area contributed by atoms with E-state index in [1.165, 1.54) is 6.07 Å². The van der Waals surface area contributed by atoms with E-state index in [1.807, 2.05) is 25.1 Å². The van der Waals surface area contributed by atoms with Crippen molar-refractivity contribution in [3.05, 3.63) is 47.3 Å². The second kappa shape index (κ2) is 8.52. The molecule has 3 rings (SSSR count). The molecule has 27 heavy (non-hydrogen) atoms. The van der Waals surface area contributed by atoms with Crippen molar-refractivity contribution in [3.63, 3.8) is 0 Å². The lowest BCUT2D eigenvalue weighted by Crippen LogP contribution is -2.36. The molecule has 0 radical (unpaired) electrons. The minimum Gasteiger partial charge on any atom is -0.454 e. The van der Waals surface area contributed by atoms with Crippen molar-refractivity contribution in [2.75, 3.05) is 13.8 Å². The predicted molar refractivity (Wildman–Crippen MR) is 95.2 cm³/mol. The lowest BCUT2D eigenvalue weighted by Gasteiger charge is -2.15. The molecule has 7 nitrogen and oxygen atoms in total. The summed E-state index contributed by atoms with van der Waals surface area (Å²) in [5, 5.41) is 6.19. The van der Waals surface area contributed by atoms with Crippen molar-refractivity contribution in [2.24, 2.45) is 4.99 Å². The number of ether oxygens (including phenoxy) is 3. The highest BCUT2D eigenvalue weighted by atomic mass is 19.3. The van der Waals surface area contributed by atoms with Crippen LogP contribution in [0.2, 0.25) is 0 Å². The number of nitrogens with one attached hydrogen (secondary N) is 2. The Bertz CT molecular complexity index is 830. The SMILES string of the molecule is CN=C(NCc1cccc(C)n1)NCc1cc2c(cc1OC(F)F)OCO2. The fraction of sp³-hybridized carbons (Fsp3) is 0.333. The molecule has 2 aromatic rings. The topological polar surface area (TPSA) is 77.0 Å². The third-order valence-corrected chi connectivity index (χ3v) is 3.82. The van der Waals surface area contributed by atoms with Crippen molar-refractivity contribution < 1.29 is 23.0 Å². The Morgan fingerprint density at radius 1 is 1.22 bits per heavy atom. The van der Waals surface area contributed by atoms with Crippen molar-refractivity contribution in [3.8, 4) is 17.2 Å². The zero-order valence-corrected chi connectivity index (χ0v) is 15.0. The monoisotopic (exact) mass is 378 g/mol. The number of pyridine rings is 1. The van der Waals surface area contributed by atoms with Gasteiger partial charge in [0, 0.05) is 30.9 Å². The average Bonchev–Trinajstić information content (AvgIpc) is 3.08. The molecule has 1 aromatic heterocycles. The largest absolute Gasteiger partial charge is 0.454 e. The highest BCUT2D eigenvalue weighted by Crippen LogP contribution is 2.38. The minimum absolute atomic E-state index is 0.0255. The summed E-state index contributed by atoms with van der Waals surface area (Å²) in [6.45, 7) is -0.287. The number of aromatic nitrogens is 1. The van der Waals surface area contributed by atoms with E-state index in [0.717, 1.165) is 11.4 Å². The molecule has 0 spiro atoms. The van der Waals surface area contributed by atoms with Crippen molar-refractivity contribution in [1.29, 1.82) is 0 Å². The molecule has 144 valence electrons. The maximum atomic E-state index is 12.7. The molecule has 1 aliphatic heterocycles. The first-order valence-electron chi connectivity index (χ1n) is 8.29. The van der Waals surface area contributed by atoms with E-state index in [-0.39, 0.29) is 19.1 Å². The van der Waals surface area contributed by atoms with Gasteiger partial charge in [0.25, 0.3) is 0 Å².